The molecule has 2 unspecified atom stereocenters. The lowest BCUT2D eigenvalue weighted by Gasteiger charge is -2.41. The lowest BCUT2D eigenvalue weighted by Crippen LogP contribution is -2.55. The van der Waals surface area contributed by atoms with Gasteiger partial charge in [0.2, 0.25) is 0 Å². The first-order chi connectivity index (χ1) is 14.2. The molecule has 2 aromatic rings. The average molecular weight is 419 g/mol. The fraction of sp³-hybridized carbons (Fsp3) is 0.476. The quantitative estimate of drug-likeness (QED) is 0.343. The molecule has 0 aliphatic rings. The van der Waals surface area contributed by atoms with E-state index in [4.69, 9.17) is 10.5 Å². The average Bonchev–Trinajstić information content (AvgIpc) is 3.10. The predicted molar refractivity (Wildman–Crippen MR) is 111 cm³/mol. The maximum atomic E-state index is 13.1. The number of amides is 2. The number of benzene rings is 1. The van der Waals surface area contributed by atoms with Gasteiger partial charge in [0, 0.05) is 35.8 Å². The van der Waals surface area contributed by atoms with Crippen LogP contribution in [0.2, 0.25) is 0 Å². The number of aliphatic hydroxyl groups is 1. The third-order valence-corrected chi connectivity index (χ3v) is 5.07. The number of carbonyl (C=O) groups is 3. The lowest BCUT2D eigenvalue weighted by molar-refractivity contribution is -0.175. The predicted octanol–water partition coefficient (Wildman–Crippen LogP) is 2.26. The molecule has 0 spiro atoms. The Bertz CT molecular complexity index is 909. The summed E-state index contributed by atoms with van der Waals surface area (Å²) in [4.78, 5) is 42.4. The maximum Gasteiger partial charge on any atom is 0.326 e. The first-order valence-electron chi connectivity index (χ1n) is 9.84. The molecular weight excluding hydrogens is 390 g/mol. The van der Waals surface area contributed by atoms with Crippen molar-refractivity contribution in [3.8, 4) is 0 Å². The minimum Gasteiger partial charge on any atom is -0.480 e. The number of primary amides is 1. The summed E-state index contributed by atoms with van der Waals surface area (Å²) in [6, 6.07) is 4.97. The first kappa shape index (κ1) is 23.2. The van der Waals surface area contributed by atoms with Crippen molar-refractivity contribution in [3.63, 3.8) is 0 Å². The van der Waals surface area contributed by atoms with E-state index in [9.17, 15) is 24.6 Å². The summed E-state index contributed by atoms with van der Waals surface area (Å²) >= 11 is 0. The van der Waals surface area contributed by atoms with Crippen LogP contribution in [0.5, 0.6) is 0 Å². The zero-order valence-electron chi connectivity index (χ0n) is 17.4. The Morgan fingerprint density at radius 3 is 2.47 bits per heavy atom. The normalized spacial score (nSPS) is 14.3. The number of rotatable bonds is 10. The number of ether oxygens (including phenoxy) is 1. The molecule has 2 amide bonds. The molecular formula is C21H29N3O6. The van der Waals surface area contributed by atoms with Crippen LogP contribution in [0.4, 0.5) is 4.79 Å². The highest BCUT2D eigenvalue weighted by atomic mass is 16.5. The minimum atomic E-state index is -2.25. The van der Waals surface area contributed by atoms with Crippen LogP contribution in [0.25, 0.3) is 10.9 Å². The summed E-state index contributed by atoms with van der Waals surface area (Å²) < 4.78 is 5.13. The molecule has 0 bridgehead atoms. The molecule has 0 saturated carbocycles. The number of fused-ring (bicyclic) bond motifs is 1. The number of aliphatic hydroxyl groups excluding tert-OH is 1. The van der Waals surface area contributed by atoms with Gasteiger partial charge < -0.3 is 30.6 Å². The molecule has 2 rings (SSSR count). The Morgan fingerprint density at radius 1 is 1.27 bits per heavy atom. The van der Waals surface area contributed by atoms with E-state index in [2.05, 4.69) is 4.98 Å². The SMILES string of the molecule is CCOC(=O)C(CCO)(C(=O)O)C(c1c[nH]c2ccccc12)N(CC(C)C)C(N)=O. The van der Waals surface area contributed by atoms with Gasteiger partial charge in [-0.25, -0.2) is 4.79 Å². The molecule has 2 atom stereocenters. The van der Waals surface area contributed by atoms with Gasteiger partial charge in [0.15, 0.2) is 5.41 Å². The molecule has 164 valence electrons. The number of urea groups is 1. The molecule has 0 fully saturated rings. The van der Waals surface area contributed by atoms with Gasteiger partial charge in [0.1, 0.15) is 0 Å². The van der Waals surface area contributed by atoms with Gasteiger partial charge in [0.05, 0.1) is 12.6 Å². The number of aromatic nitrogens is 1. The van der Waals surface area contributed by atoms with Crippen LogP contribution in [0.15, 0.2) is 30.5 Å². The highest BCUT2D eigenvalue weighted by Gasteiger charge is 2.57. The van der Waals surface area contributed by atoms with Crippen LogP contribution in [-0.4, -0.2) is 57.8 Å². The fourth-order valence-electron chi connectivity index (χ4n) is 3.83. The van der Waals surface area contributed by atoms with Crippen LogP contribution in [0, 0.1) is 11.3 Å². The van der Waals surface area contributed by atoms with Gasteiger partial charge in [0.25, 0.3) is 0 Å². The molecule has 0 aliphatic carbocycles. The van der Waals surface area contributed by atoms with Crippen molar-refractivity contribution in [2.24, 2.45) is 17.1 Å². The zero-order chi connectivity index (χ0) is 22.5. The summed E-state index contributed by atoms with van der Waals surface area (Å²) in [5, 5.41) is 20.6. The van der Waals surface area contributed by atoms with Gasteiger partial charge >= 0.3 is 18.0 Å². The Hall–Kier alpha value is -3.07. The molecule has 0 saturated heterocycles. The number of aromatic amines is 1. The summed E-state index contributed by atoms with van der Waals surface area (Å²) in [6.45, 7) is 4.71. The Labute approximate surface area is 174 Å². The molecule has 9 nitrogen and oxygen atoms in total. The number of nitrogens with zero attached hydrogens (tertiary/aromatic N) is 1. The monoisotopic (exact) mass is 419 g/mol. The number of hydrogen-bond donors (Lipinski definition) is 4. The highest BCUT2D eigenvalue weighted by molar-refractivity contribution is 6.02. The van der Waals surface area contributed by atoms with Gasteiger partial charge in [-0.2, -0.15) is 0 Å². The topological polar surface area (TPSA) is 146 Å². The first-order valence-corrected chi connectivity index (χ1v) is 9.84. The van der Waals surface area contributed by atoms with Crippen LogP contribution in [-0.2, 0) is 14.3 Å². The second kappa shape index (κ2) is 9.62. The number of nitrogens with two attached hydrogens (primary N) is 1. The number of carbonyl (C=O) groups excluding carboxylic acids is 2. The van der Waals surface area contributed by atoms with E-state index in [-0.39, 0.29) is 19.1 Å². The number of hydrogen-bond acceptors (Lipinski definition) is 5. The summed E-state index contributed by atoms with van der Waals surface area (Å²) in [7, 11) is 0. The Morgan fingerprint density at radius 2 is 1.93 bits per heavy atom. The number of aliphatic carboxylic acids is 1. The van der Waals surface area contributed by atoms with E-state index in [0.717, 1.165) is 0 Å². The third-order valence-electron chi connectivity index (χ3n) is 5.07. The number of esters is 1. The Balaban J connectivity index is 2.87. The minimum absolute atomic E-state index is 0.0549. The number of carboxylic acids is 1. The zero-order valence-corrected chi connectivity index (χ0v) is 17.4. The van der Waals surface area contributed by atoms with Crippen LogP contribution in [0.1, 0.15) is 38.8 Å². The second-order valence-corrected chi connectivity index (χ2v) is 7.55. The van der Waals surface area contributed by atoms with Crippen molar-refractivity contribution >= 4 is 28.9 Å². The van der Waals surface area contributed by atoms with E-state index in [1.807, 2.05) is 13.8 Å². The number of carboxylic acid groups (broad SMARTS) is 1. The number of nitrogens with one attached hydrogen (secondary N) is 1. The molecule has 1 aromatic heterocycles. The lowest BCUT2D eigenvalue weighted by atomic mass is 9.73. The number of H-pyrrole nitrogens is 1. The van der Waals surface area contributed by atoms with Crippen molar-refractivity contribution in [1.29, 1.82) is 0 Å². The van der Waals surface area contributed by atoms with E-state index < -0.39 is 42.5 Å². The molecule has 30 heavy (non-hydrogen) atoms. The molecule has 9 heteroatoms. The third kappa shape index (κ3) is 4.25. The van der Waals surface area contributed by atoms with E-state index in [1.54, 1.807) is 37.4 Å². The van der Waals surface area contributed by atoms with Crippen LogP contribution >= 0.6 is 0 Å². The second-order valence-electron chi connectivity index (χ2n) is 7.55. The van der Waals surface area contributed by atoms with Crippen LogP contribution < -0.4 is 5.73 Å². The van der Waals surface area contributed by atoms with Crippen molar-refractivity contribution in [1.82, 2.24) is 9.88 Å². The van der Waals surface area contributed by atoms with Crippen molar-refractivity contribution in [2.75, 3.05) is 19.8 Å². The standard InChI is InChI=1S/C21H29N3O6/c1-4-30-19(28)21(9-10-25,18(26)27)17(24(20(22)29)12-13(2)3)15-11-23-16-8-6-5-7-14(15)16/h5-8,11,13,17,23,25H,4,9-10,12H2,1-3H3,(H2,22,29)(H,26,27). The molecule has 1 heterocycles. The molecule has 5 N–H and O–H groups in total. The van der Waals surface area contributed by atoms with Crippen molar-refractivity contribution in [3.05, 3.63) is 36.0 Å². The van der Waals surface area contributed by atoms with E-state index >= 15 is 0 Å². The van der Waals surface area contributed by atoms with Crippen LogP contribution in [0.3, 0.4) is 0 Å². The maximum absolute atomic E-state index is 13.1. The number of para-hydroxylation sites is 1. The highest BCUT2D eigenvalue weighted by Crippen LogP contribution is 2.45. The van der Waals surface area contributed by atoms with Crippen molar-refractivity contribution in [2.45, 2.75) is 33.2 Å². The van der Waals surface area contributed by atoms with E-state index in [0.29, 0.717) is 16.5 Å². The Kier molecular flexibility index (Phi) is 7.44. The van der Waals surface area contributed by atoms with Crippen molar-refractivity contribution < 1.29 is 29.3 Å². The van der Waals surface area contributed by atoms with E-state index in [1.165, 1.54) is 4.90 Å². The molecule has 1 aromatic carbocycles. The van der Waals surface area contributed by atoms with Gasteiger partial charge in [-0.15, -0.1) is 0 Å². The van der Waals surface area contributed by atoms with Gasteiger partial charge in [-0.05, 0) is 25.3 Å². The molecule has 0 radical (unpaired) electrons. The summed E-state index contributed by atoms with van der Waals surface area (Å²) in [6.07, 6.45) is 1.12. The van der Waals surface area contributed by atoms with Gasteiger partial charge in [-0.3, -0.25) is 9.59 Å². The largest absolute Gasteiger partial charge is 0.480 e. The summed E-state index contributed by atoms with van der Waals surface area (Å²) in [5.74, 6) is -2.59. The smallest absolute Gasteiger partial charge is 0.326 e. The molecule has 0 aliphatic heterocycles. The van der Waals surface area contributed by atoms with Gasteiger partial charge in [-0.1, -0.05) is 32.0 Å². The fourth-order valence-corrected chi connectivity index (χ4v) is 3.83. The summed E-state index contributed by atoms with van der Waals surface area (Å²) in [5.41, 5.74) is 4.54.